The second-order valence-electron chi connectivity index (χ2n) is 3.49. The third-order valence-corrected chi connectivity index (χ3v) is 2.50. The van der Waals surface area contributed by atoms with Gasteiger partial charge < -0.3 is 16.2 Å². The number of aliphatic carboxylic acids is 1. The van der Waals surface area contributed by atoms with E-state index in [1.54, 1.807) is 0 Å². The zero-order chi connectivity index (χ0) is 13.7. The van der Waals surface area contributed by atoms with Crippen LogP contribution in [0.4, 0.5) is 0 Å². The van der Waals surface area contributed by atoms with Crippen molar-refractivity contribution in [3.63, 3.8) is 0 Å². The van der Waals surface area contributed by atoms with Crippen molar-refractivity contribution < 1.29 is 14.7 Å². The first-order valence-electron chi connectivity index (χ1n) is 4.98. The summed E-state index contributed by atoms with van der Waals surface area (Å²) in [7, 11) is 0. The van der Waals surface area contributed by atoms with E-state index in [9.17, 15) is 9.59 Å². The molecule has 18 heavy (non-hydrogen) atoms. The lowest BCUT2D eigenvalue weighted by Crippen LogP contribution is -2.42. The standard InChI is InChI=1S/C12H11ClN2O3/c1-2-7-3-4-8(5-9(7)13)11(16)15-6-10(14)12(17)18/h1,3-5,10H,6,14H2,(H,15,16)(H,17,18). The third-order valence-electron chi connectivity index (χ3n) is 2.19. The van der Waals surface area contributed by atoms with Crippen molar-refractivity contribution in [1.82, 2.24) is 5.32 Å². The first-order chi connectivity index (χ1) is 8.45. The molecule has 0 aliphatic carbocycles. The number of hydrogen-bond donors (Lipinski definition) is 3. The Morgan fingerprint density at radius 2 is 2.22 bits per heavy atom. The van der Waals surface area contributed by atoms with Gasteiger partial charge in [-0.05, 0) is 18.2 Å². The SMILES string of the molecule is C#Cc1ccc(C(=O)NCC(N)C(=O)O)cc1Cl. The highest BCUT2D eigenvalue weighted by Crippen LogP contribution is 2.16. The van der Waals surface area contributed by atoms with Crippen LogP contribution in [0.25, 0.3) is 0 Å². The van der Waals surface area contributed by atoms with Crippen LogP contribution in [-0.4, -0.2) is 29.6 Å². The molecule has 0 heterocycles. The molecule has 0 aliphatic heterocycles. The van der Waals surface area contributed by atoms with Gasteiger partial charge in [-0.3, -0.25) is 9.59 Å². The normalized spacial score (nSPS) is 11.4. The highest BCUT2D eigenvalue weighted by atomic mass is 35.5. The van der Waals surface area contributed by atoms with Crippen molar-refractivity contribution in [2.75, 3.05) is 6.54 Å². The summed E-state index contributed by atoms with van der Waals surface area (Å²) in [6, 6.07) is 3.31. The first-order valence-corrected chi connectivity index (χ1v) is 5.36. The van der Waals surface area contributed by atoms with E-state index in [4.69, 9.17) is 28.9 Å². The van der Waals surface area contributed by atoms with Gasteiger partial charge in [0.1, 0.15) is 6.04 Å². The van der Waals surface area contributed by atoms with Gasteiger partial charge in [0.15, 0.2) is 0 Å². The smallest absolute Gasteiger partial charge is 0.322 e. The van der Waals surface area contributed by atoms with Gasteiger partial charge >= 0.3 is 5.97 Å². The second kappa shape index (κ2) is 6.05. The maximum absolute atomic E-state index is 11.7. The molecular weight excluding hydrogens is 256 g/mol. The Morgan fingerprint density at radius 1 is 1.56 bits per heavy atom. The minimum absolute atomic E-state index is 0.164. The number of carbonyl (C=O) groups is 2. The number of carboxylic acid groups (broad SMARTS) is 1. The fraction of sp³-hybridized carbons (Fsp3) is 0.167. The number of carboxylic acids is 1. The molecule has 0 saturated heterocycles. The van der Waals surface area contributed by atoms with Crippen LogP contribution in [0.5, 0.6) is 0 Å². The van der Waals surface area contributed by atoms with Crippen LogP contribution in [0.15, 0.2) is 18.2 Å². The summed E-state index contributed by atoms with van der Waals surface area (Å²) in [5.74, 6) is 0.720. The van der Waals surface area contributed by atoms with Crippen molar-refractivity contribution in [2.45, 2.75) is 6.04 Å². The number of nitrogens with one attached hydrogen (secondary N) is 1. The summed E-state index contributed by atoms with van der Waals surface area (Å²) in [6.07, 6.45) is 5.19. The molecule has 0 bridgehead atoms. The number of rotatable bonds is 4. The molecule has 94 valence electrons. The number of carbonyl (C=O) groups excluding carboxylic acids is 1. The summed E-state index contributed by atoms with van der Waals surface area (Å²) < 4.78 is 0. The zero-order valence-electron chi connectivity index (χ0n) is 9.31. The Balaban J connectivity index is 2.71. The van der Waals surface area contributed by atoms with Gasteiger partial charge in [0, 0.05) is 17.7 Å². The summed E-state index contributed by atoms with van der Waals surface area (Å²) in [5.41, 5.74) is 6.02. The highest BCUT2D eigenvalue weighted by Gasteiger charge is 2.14. The lowest BCUT2D eigenvalue weighted by Gasteiger charge is -2.09. The molecule has 0 fully saturated rings. The van der Waals surface area contributed by atoms with Crippen LogP contribution in [0.1, 0.15) is 15.9 Å². The van der Waals surface area contributed by atoms with E-state index in [1.807, 2.05) is 0 Å². The molecule has 1 amide bonds. The van der Waals surface area contributed by atoms with E-state index < -0.39 is 17.9 Å². The Labute approximate surface area is 109 Å². The van der Waals surface area contributed by atoms with Gasteiger partial charge in [0.05, 0.1) is 5.02 Å². The number of benzene rings is 1. The Morgan fingerprint density at radius 3 is 2.72 bits per heavy atom. The van der Waals surface area contributed by atoms with Crippen LogP contribution >= 0.6 is 11.6 Å². The van der Waals surface area contributed by atoms with Crippen molar-refractivity contribution in [2.24, 2.45) is 5.73 Å². The summed E-state index contributed by atoms with van der Waals surface area (Å²) in [5, 5.41) is 11.2. The van der Waals surface area contributed by atoms with E-state index in [0.29, 0.717) is 5.56 Å². The lowest BCUT2D eigenvalue weighted by atomic mass is 10.1. The largest absolute Gasteiger partial charge is 0.480 e. The number of nitrogens with two attached hydrogens (primary N) is 1. The van der Waals surface area contributed by atoms with Crippen LogP contribution in [0.3, 0.4) is 0 Å². The molecule has 0 spiro atoms. The monoisotopic (exact) mass is 266 g/mol. The summed E-state index contributed by atoms with van der Waals surface area (Å²) in [4.78, 5) is 22.1. The van der Waals surface area contributed by atoms with Crippen molar-refractivity contribution in [3.05, 3.63) is 34.3 Å². The molecule has 0 radical (unpaired) electrons. The molecule has 4 N–H and O–H groups in total. The molecule has 1 rings (SSSR count). The third kappa shape index (κ3) is 3.48. The van der Waals surface area contributed by atoms with Crippen LogP contribution in [0, 0.1) is 12.3 Å². The minimum Gasteiger partial charge on any atom is -0.480 e. The van der Waals surface area contributed by atoms with Gasteiger partial charge in [0.2, 0.25) is 0 Å². The summed E-state index contributed by atoms with van der Waals surface area (Å²) in [6.45, 7) is -0.164. The zero-order valence-corrected chi connectivity index (χ0v) is 10.1. The number of terminal acetylenes is 1. The second-order valence-corrected chi connectivity index (χ2v) is 3.90. The van der Waals surface area contributed by atoms with E-state index >= 15 is 0 Å². The van der Waals surface area contributed by atoms with Gasteiger partial charge in [-0.15, -0.1) is 6.42 Å². The van der Waals surface area contributed by atoms with Gasteiger partial charge in [-0.2, -0.15) is 0 Å². The van der Waals surface area contributed by atoms with E-state index in [1.165, 1.54) is 18.2 Å². The molecular formula is C12H11ClN2O3. The minimum atomic E-state index is -1.18. The maximum Gasteiger partial charge on any atom is 0.322 e. The first kappa shape index (κ1) is 14.0. The highest BCUT2D eigenvalue weighted by molar-refractivity contribution is 6.32. The molecule has 5 nitrogen and oxygen atoms in total. The predicted octanol–water partition coefficient (Wildman–Crippen LogP) is 0.463. The van der Waals surface area contributed by atoms with Crippen molar-refractivity contribution in [3.8, 4) is 12.3 Å². The average Bonchev–Trinajstić information content (AvgIpc) is 2.35. The lowest BCUT2D eigenvalue weighted by molar-refractivity contribution is -0.138. The fourth-order valence-electron chi connectivity index (χ4n) is 1.17. The quantitative estimate of drug-likeness (QED) is 0.691. The van der Waals surface area contributed by atoms with Crippen LogP contribution in [0.2, 0.25) is 5.02 Å². The van der Waals surface area contributed by atoms with E-state index in [0.717, 1.165) is 0 Å². The molecule has 0 saturated carbocycles. The molecule has 6 heteroatoms. The van der Waals surface area contributed by atoms with Crippen LogP contribution in [-0.2, 0) is 4.79 Å². The number of amides is 1. The maximum atomic E-state index is 11.7. The summed E-state index contributed by atoms with van der Waals surface area (Å²) >= 11 is 5.85. The predicted molar refractivity (Wildman–Crippen MR) is 67.3 cm³/mol. The molecule has 1 unspecified atom stereocenters. The van der Waals surface area contributed by atoms with Crippen LogP contribution < -0.4 is 11.1 Å². The van der Waals surface area contributed by atoms with Crippen molar-refractivity contribution >= 4 is 23.5 Å². The Hall–Kier alpha value is -2.03. The van der Waals surface area contributed by atoms with Gasteiger partial charge in [-0.1, -0.05) is 17.5 Å². The Bertz CT molecular complexity index is 523. The topological polar surface area (TPSA) is 92.4 Å². The molecule has 0 aromatic heterocycles. The molecule has 1 aromatic carbocycles. The fourth-order valence-corrected chi connectivity index (χ4v) is 1.40. The Kier molecular flexibility index (Phi) is 4.72. The van der Waals surface area contributed by atoms with E-state index in [2.05, 4.69) is 11.2 Å². The van der Waals surface area contributed by atoms with Gasteiger partial charge in [0.25, 0.3) is 5.91 Å². The van der Waals surface area contributed by atoms with Gasteiger partial charge in [-0.25, -0.2) is 0 Å². The van der Waals surface area contributed by atoms with E-state index in [-0.39, 0.29) is 17.1 Å². The average molecular weight is 267 g/mol. The molecule has 0 aliphatic rings. The van der Waals surface area contributed by atoms with Crippen molar-refractivity contribution in [1.29, 1.82) is 0 Å². The molecule has 1 aromatic rings. The molecule has 1 atom stereocenters. The number of halogens is 1. The number of hydrogen-bond acceptors (Lipinski definition) is 3.